The molecule has 3 rings (SSSR count). The van der Waals surface area contributed by atoms with Crippen LogP contribution in [0.25, 0.3) is 0 Å². The summed E-state index contributed by atoms with van der Waals surface area (Å²) in [6, 6.07) is 12.9. The van der Waals surface area contributed by atoms with Gasteiger partial charge in [0.1, 0.15) is 5.75 Å². The highest BCUT2D eigenvalue weighted by Crippen LogP contribution is 2.30. The second kappa shape index (κ2) is 6.87. The van der Waals surface area contributed by atoms with Gasteiger partial charge < -0.3 is 9.47 Å². The van der Waals surface area contributed by atoms with Crippen LogP contribution in [0.2, 0.25) is 0 Å². The SMILES string of the molecule is COC(=O)c1ccc(CC2CCc3cc(OC)ccc3C2=O)cc1. The van der Waals surface area contributed by atoms with Crippen molar-refractivity contribution in [1.82, 2.24) is 0 Å². The molecule has 1 aliphatic rings. The number of hydrogen-bond donors (Lipinski definition) is 0. The number of rotatable bonds is 4. The summed E-state index contributed by atoms with van der Waals surface area (Å²) >= 11 is 0. The van der Waals surface area contributed by atoms with Gasteiger partial charge in [-0.05, 0) is 60.7 Å². The molecule has 0 N–H and O–H groups in total. The third-order valence-corrected chi connectivity index (χ3v) is 4.57. The minimum Gasteiger partial charge on any atom is -0.497 e. The minimum atomic E-state index is -0.349. The van der Waals surface area contributed by atoms with Crippen LogP contribution in [0.1, 0.15) is 38.3 Å². The number of ketones is 1. The van der Waals surface area contributed by atoms with Crippen LogP contribution < -0.4 is 4.74 Å². The molecule has 1 unspecified atom stereocenters. The van der Waals surface area contributed by atoms with E-state index >= 15 is 0 Å². The third-order valence-electron chi connectivity index (χ3n) is 4.57. The van der Waals surface area contributed by atoms with E-state index in [1.165, 1.54) is 7.11 Å². The molecule has 0 spiro atoms. The number of esters is 1. The van der Waals surface area contributed by atoms with Gasteiger partial charge in [0.25, 0.3) is 0 Å². The molecule has 4 heteroatoms. The molecule has 0 aromatic heterocycles. The molecule has 0 aliphatic heterocycles. The monoisotopic (exact) mass is 324 g/mol. The van der Waals surface area contributed by atoms with Gasteiger partial charge in [-0.25, -0.2) is 4.79 Å². The first-order valence-corrected chi connectivity index (χ1v) is 8.00. The van der Waals surface area contributed by atoms with Crippen LogP contribution in [-0.2, 0) is 17.6 Å². The van der Waals surface area contributed by atoms with Gasteiger partial charge in [-0.1, -0.05) is 12.1 Å². The van der Waals surface area contributed by atoms with E-state index < -0.39 is 0 Å². The number of aryl methyl sites for hydroxylation is 1. The van der Waals surface area contributed by atoms with Crippen molar-refractivity contribution in [3.8, 4) is 5.75 Å². The number of carbonyl (C=O) groups is 2. The lowest BCUT2D eigenvalue weighted by molar-refractivity contribution is 0.0600. The topological polar surface area (TPSA) is 52.6 Å². The van der Waals surface area contributed by atoms with Gasteiger partial charge in [0.05, 0.1) is 19.8 Å². The van der Waals surface area contributed by atoms with Gasteiger partial charge in [0.2, 0.25) is 0 Å². The summed E-state index contributed by atoms with van der Waals surface area (Å²) in [5, 5.41) is 0. The lowest BCUT2D eigenvalue weighted by atomic mass is 9.79. The number of methoxy groups -OCH3 is 2. The van der Waals surface area contributed by atoms with E-state index in [1.807, 2.05) is 30.3 Å². The summed E-state index contributed by atoms with van der Waals surface area (Å²) in [4.78, 5) is 24.2. The van der Waals surface area contributed by atoms with Crippen LogP contribution >= 0.6 is 0 Å². The Morgan fingerprint density at radius 3 is 2.54 bits per heavy atom. The van der Waals surface area contributed by atoms with E-state index in [0.29, 0.717) is 12.0 Å². The number of Topliss-reactive ketones (excluding diaryl/α,β-unsaturated/α-hetero) is 1. The molecule has 0 radical (unpaired) electrons. The van der Waals surface area contributed by atoms with E-state index in [9.17, 15) is 9.59 Å². The summed E-state index contributed by atoms with van der Waals surface area (Å²) < 4.78 is 9.93. The molecule has 1 aliphatic carbocycles. The maximum atomic E-state index is 12.7. The van der Waals surface area contributed by atoms with Crippen molar-refractivity contribution >= 4 is 11.8 Å². The second-order valence-electron chi connectivity index (χ2n) is 6.02. The zero-order valence-corrected chi connectivity index (χ0v) is 13.9. The highest BCUT2D eigenvalue weighted by Gasteiger charge is 2.27. The zero-order chi connectivity index (χ0) is 17.1. The Morgan fingerprint density at radius 1 is 1.12 bits per heavy atom. The van der Waals surface area contributed by atoms with Crippen LogP contribution in [0.3, 0.4) is 0 Å². The van der Waals surface area contributed by atoms with Crippen LogP contribution in [0.15, 0.2) is 42.5 Å². The molecule has 1 atom stereocenters. The molecule has 124 valence electrons. The molecule has 24 heavy (non-hydrogen) atoms. The largest absolute Gasteiger partial charge is 0.497 e. The van der Waals surface area contributed by atoms with E-state index in [4.69, 9.17) is 9.47 Å². The van der Waals surface area contributed by atoms with Gasteiger partial charge in [-0.3, -0.25) is 4.79 Å². The number of fused-ring (bicyclic) bond motifs is 1. The summed E-state index contributed by atoms with van der Waals surface area (Å²) in [6.07, 6.45) is 2.40. The fourth-order valence-electron chi connectivity index (χ4n) is 3.20. The first kappa shape index (κ1) is 16.2. The lowest BCUT2D eigenvalue weighted by Gasteiger charge is -2.23. The van der Waals surface area contributed by atoms with Crippen molar-refractivity contribution in [2.24, 2.45) is 5.92 Å². The smallest absolute Gasteiger partial charge is 0.337 e. The standard InChI is InChI=1S/C20H20O4/c1-23-17-9-10-18-15(12-17)7-8-16(19(18)21)11-13-3-5-14(6-4-13)20(22)24-2/h3-6,9-10,12,16H,7-8,11H2,1-2H3. The highest BCUT2D eigenvalue weighted by atomic mass is 16.5. The van der Waals surface area contributed by atoms with Crippen molar-refractivity contribution in [1.29, 1.82) is 0 Å². The molecule has 0 amide bonds. The molecule has 2 aromatic rings. The van der Waals surface area contributed by atoms with Crippen molar-refractivity contribution in [2.45, 2.75) is 19.3 Å². The van der Waals surface area contributed by atoms with Crippen molar-refractivity contribution in [3.63, 3.8) is 0 Å². The van der Waals surface area contributed by atoms with Crippen LogP contribution in [0, 0.1) is 5.92 Å². The quantitative estimate of drug-likeness (QED) is 0.808. The molecule has 2 aromatic carbocycles. The van der Waals surface area contributed by atoms with Gasteiger partial charge in [0.15, 0.2) is 5.78 Å². The molecular weight excluding hydrogens is 304 g/mol. The Balaban J connectivity index is 1.74. The number of hydrogen-bond acceptors (Lipinski definition) is 4. The van der Waals surface area contributed by atoms with E-state index in [-0.39, 0.29) is 17.7 Å². The Hall–Kier alpha value is -2.62. The summed E-state index contributed by atoms with van der Waals surface area (Å²) in [7, 11) is 3.00. The third kappa shape index (κ3) is 3.18. The zero-order valence-electron chi connectivity index (χ0n) is 13.9. The van der Waals surface area contributed by atoms with Crippen molar-refractivity contribution in [2.75, 3.05) is 14.2 Å². The number of ether oxygens (including phenoxy) is 2. The first-order valence-electron chi connectivity index (χ1n) is 8.00. The van der Waals surface area contributed by atoms with E-state index in [2.05, 4.69) is 0 Å². The Bertz CT molecular complexity index is 762. The Morgan fingerprint density at radius 2 is 1.88 bits per heavy atom. The maximum absolute atomic E-state index is 12.7. The second-order valence-corrected chi connectivity index (χ2v) is 6.02. The molecule has 0 bridgehead atoms. The molecule has 0 saturated heterocycles. The minimum absolute atomic E-state index is 0.0186. The molecule has 0 saturated carbocycles. The number of benzene rings is 2. The molecular formula is C20H20O4. The van der Waals surface area contributed by atoms with Gasteiger partial charge in [-0.15, -0.1) is 0 Å². The van der Waals surface area contributed by atoms with Crippen LogP contribution in [0.5, 0.6) is 5.75 Å². The Kier molecular flexibility index (Phi) is 4.65. The van der Waals surface area contributed by atoms with E-state index in [0.717, 1.165) is 35.3 Å². The predicted molar refractivity (Wildman–Crippen MR) is 90.6 cm³/mol. The fourth-order valence-corrected chi connectivity index (χ4v) is 3.20. The van der Waals surface area contributed by atoms with Crippen LogP contribution in [0.4, 0.5) is 0 Å². The van der Waals surface area contributed by atoms with Gasteiger partial charge in [-0.2, -0.15) is 0 Å². The molecule has 4 nitrogen and oxygen atoms in total. The normalized spacial score (nSPS) is 16.4. The number of carbonyl (C=O) groups excluding carboxylic acids is 2. The lowest BCUT2D eigenvalue weighted by Crippen LogP contribution is -2.24. The predicted octanol–water partition coefficient (Wildman–Crippen LogP) is 3.47. The van der Waals surface area contributed by atoms with Gasteiger partial charge >= 0.3 is 5.97 Å². The first-order chi connectivity index (χ1) is 11.6. The summed E-state index contributed by atoms with van der Waals surface area (Å²) in [5.41, 5.74) is 3.45. The van der Waals surface area contributed by atoms with E-state index in [1.54, 1.807) is 19.2 Å². The van der Waals surface area contributed by atoms with Crippen LogP contribution in [-0.4, -0.2) is 26.0 Å². The summed E-state index contributed by atoms with van der Waals surface area (Å²) in [6.45, 7) is 0. The van der Waals surface area contributed by atoms with Crippen molar-refractivity contribution < 1.29 is 19.1 Å². The molecule has 0 fully saturated rings. The van der Waals surface area contributed by atoms with Crippen molar-refractivity contribution in [3.05, 3.63) is 64.7 Å². The maximum Gasteiger partial charge on any atom is 0.337 e. The Labute approximate surface area is 141 Å². The summed E-state index contributed by atoms with van der Waals surface area (Å²) in [5.74, 6) is 0.613. The fraction of sp³-hybridized carbons (Fsp3) is 0.300. The highest BCUT2D eigenvalue weighted by molar-refractivity contribution is 6.00. The van der Waals surface area contributed by atoms with Gasteiger partial charge in [0, 0.05) is 11.5 Å². The molecule has 0 heterocycles. The average molecular weight is 324 g/mol. The average Bonchev–Trinajstić information content (AvgIpc) is 2.63.